The van der Waals surface area contributed by atoms with Crippen LogP contribution in [0.25, 0.3) is 0 Å². The van der Waals surface area contributed by atoms with Crippen molar-refractivity contribution in [1.29, 1.82) is 0 Å². The van der Waals surface area contributed by atoms with Gasteiger partial charge in [-0.25, -0.2) is 8.42 Å². The molecule has 0 N–H and O–H groups in total. The number of carbonyl (C=O) groups excluding carboxylic acids is 1. The first-order chi connectivity index (χ1) is 11.4. The van der Waals surface area contributed by atoms with E-state index in [1.54, 1.807) is 18.7 Å². The third kappa shape index (κ3) is 3.39. The highest BCUT2D eigenvalue weighted by Crippen LogP contribution is 2.32. The maximum absolute atomic E-state index is 12.6. The molecule has 3 heterocycles. The Morgan fingerprint density at radius 3 is 2.83 bits per heavy atom. The molecule has 1 saturated heterocycles. The van der Waals surface area contributed by atoms with E-state index < -0.39 is 15.1 Å². The number of aromatic nitrogens is 1. The highest BCUT2D eigenvalue weighted by molar-refractivity contribution is 7.91. The maximum Gasteiger partial charge on any atom is 0.227 e. The Kier molecular flexibility index (Phi) is 4.78. The average Bonchev–Trinajstić information content (AvgIpc) is 3.12. The van der Waals surface area contributed by atoms with Gasteiger partial charge in [0, 0.05) is 23.5 Å². The number of amides is 1. The van der Waals surface area contributed by atoms with E-state index in [2.05, 4.69) is 5.16 Å². The average molecular weight is 368 g/mol. The molecule has 0 saturated carbocycles. The number of nitrogens with zero attached hydrogens (tertiary/aromatic N) is 2. The Bertz CT molecular complexity index is 805. The topological polar surface area (TPSA) is 80.5 Å². The summed E-state index contributed by atoms with van der Waals surface area (Å²) in [6, 6.07) is 3.72. The molecule has 0 spiro atoms. The summed E-state index contributed by atoms with van der Waals surface area (Å²) in [4.78, 5) is 15.1. The Hall–Kier alpha value is -1.67. The standard InChI is InChI=1S/C16H20N2O4S2/c1-11-13(12(2)22-17-11)10-16(19)18-6-5-15(14-4-3-8-23-14)24(20,21)9-7-18/h3-4,8,15H,5-7,9-10H2,1-2H3. The van der Waals surface area contributed by atoms with E-state index >= 15 is 0 Å². The van der Waals surface area contributed by atoms with E-state index in [1.165, 1.54) is 11.3 Å². The van der Waals surface area contributed by atoms with E-state index in [4.69, 9.17) is 4.52 Å². The lowest BCUT2D eigenvalue weighted by molar-refractivity contribution is -0.130. The van der Waals surface area contributed by atoms with Crippen molar-refractivity contribution < 1.29 is 17.7 Å². The zero-order valence-corrected chi connectivity index (χ0v) is 15.3. The molecular formula is C16H20N2O4S2. The van der Waals surface area contributed by atoms with Crippen LogP contribution >= 0.6 is 11.3 Å². The normalized spacial score (nSPS) is 20.8. The molecule has 1 fully saturated rings. The van der Waals surface area contributed by atoms with Crippen LogP contribution in [0.15, 0.2) is 22.0 Å². The molecule has 0 bridgehead atoms. The number of hydrogen-bond donors (Lipinski definition) is 0. The Morgan fingerprint density at radius 2 is 2.21 bits per heavy atom. The van der Waals surface area contributed by atoms with Crippen molar-refractivity contribution in [3.8, 4) is 0 Å². The zero-order chi connectivity index (χ0) is 17.3. The van der Waals surface area contributed by atoms with Crippen LogP contribution in [0, 0.1) is 13.8 Å². The summed E-state index contributed by atoms with van der Waals surface area (Å²) in [5.41, 5.74) is 1.50. The smallest absolute Gasteiger partial charge is 0.227 e. The van der Waals surface area contributed by atoms with Gasteiger partial charge in [-0.3, -0.25) is 4.79 Å². The summed E-state index contributed by atoms with van der Waals surface area (Å²) in [6.45, 7) is 4.28. The zero-order valence-electron chi connectivity index (χ0n) is 13.7. The van der Waals surface area contributed by atoms with Gasteiger partial charge in [0.25, 0.3) is 0 Å². The van der Waals surface area contributed by atoms with Crippen LogP contribution in [-0.2, 0) is 21.1 Å². The predicted molar refractivity (Wildman–Crippen MR) is 91.7 cm³/mol. The maximum atomic E-state index is 12.6. The SMILES string of the molecule is Cc1noc(C)c1CC(=O)N1CCC(c2cccs2)S(=O)(=O)CC1. The molecular weight excluding hydrogens is 348 g/mol. The molecule has 1 aliphatic heterocycles. The first kappa shape index (κ1) is 17.2. The van der Waals surface area contributed by atoms with Gasteiger partial charge >= 0.3 is 0 Å². The van der Waals surface area contributed by atoms with Gasteiger partial charge in [-0.1, -0.05) is 11.2 Å². The fraction of sp³-hybridized carbons (Fsp3) is 0.500. The number of sulfone groups is 1. The fourth-order valence-corrected chi connectivity index (χ4v) is 6.01. The van der Waals surface area contributed by atoms with Gasteiger partial charge in [-0.15, -0.1) is 11.3 Å². The number of carbonyl (C=O) groups is 1. The summed E-state index contributed by atoms with van der Waals surface area (Å²) in [5, 5.41) is 5.24. The molecule has 0 radical (unpaired) electrons. The quantitative estimate of drug-likeness (QED) is 0.830. The lowest BCUT2D eigenvalue weighted by atomic mass is 10.1. The van der Waals surface area contributed by atoms with Gasteiger partial charge in [0.2, 0.25) is 5.91 Å². The molecule has 0 aliphatic carbocycles. The van der Waals surface area contributed by atoms with Gasteiger partial charge in [0.1, 0.15) is 5.76 Å². The van der Waals surface area contributed by atoms with E-state index in [0.717, 1.165) is 10.4 Å². The van der Waals surface area contributed by atoms with E-state index in [1.807, 2.05) is 17.5 Å². The summed E-state index contributed by atoms with van der Waals surface area (Å²) < 4.78 is 30.2. The number of aryl methyl sites for hydroxylation is 2. The van der Waals surface area contributed by atoms with Crippen LogP contribution in [0.5, 0.6) is 0 Å². The molecule has 2 aromatic heterocycles. The first-order valence-corrected chi connectivity index (χ1v) is 10.4. The number of rotatable bonds is 3. The number of thiophene rings is 1. The predicted octanol–water partition coefficient (Wildman–Crippen LogP) is 2.28. The third-order valence-corrected chi connectivity index (χ3v) is 7.71. The molecule has 3 rings (SSSR count). The molecule has 0 aromatic carbocycles. The Labute approximate surface area is 145 Å². The Morgan fingerprint density at radius 1 is 1.42 bits per heavy atom. The van der Waals surface area contributed by atoms with Crippen molar-refractivity contribution in [3.63, 3.8) is 0 Å². The van der Waals surface area contributed by atoms with E-state index in [-0.39, 0.29) is 24.6 Å². The van der Waals surface area contributed by atoms with Gasteiger partial charge in [-0.05, 0) is 31.7 Å². The minimum absolute atomic E-state index is 0.00288. The van der Waals surface area contributed by atoms with Gasteiger partial charge in [-0.2, -0.15) is 0 Å². The highest BCUT2D eigenvalue weighted by Gasteiger charge is 2.33. The van der Waals surface area contributed by atoms with Crippen molar-refractivity contribution in [2.24, 2.45) is 0 Å². The lowest BCUT2D eigenvalue weighted by Crippen LogP contribution is -2.34. The minimum atomic E-state index is -3.24. The van der Waals surface area contributed by atoms with Gasteiger partial charge in [0.15, 0.2) is 9.84 Å². The monoisotopic (exact) mass is 368 g/mol. The van der Waals surface area contributed by atoms with Crippen LogP contribution in [0.3, 0.4) is 0 Å². The molecule has 1 amide bonds. The Balaban J connectivity index is 1.74. The molecule has 1 unspecified atom stereocenters. The van der Waals surface area contributed by atoms with Crippen LogP contribution in [0.2, 0.25) is 0 Å². The molecule has 1 aliphatic rings. The molecule has 24 heavy (non-hydrogen) atoms. The molecule has 6 nitrogen and oxygen atoms in total. The summed E-state index contributed by atoms with van der Waals surface area (Å²) >= 11 is 1.46. The van der Waals surface area contributed by atoms with Crippen molar-refractivity contribution in [2.75, 3.05) is 18.8 Å². The van der Waals surface area contributed by atoms with Gasteiger partial charge < -0.3 is 9.42 Å². The van der Waals surface area contributed by atoms with E-state index in [0.29, 0.717) is 24.4 Å². The molecule has 8 heteroatoms. The van der Waals surface area contributed by atoms with Gasteiger partial charge in [0.05, 0.1) is 23.1 Å². The van der Waals surface area contributed by atoms with Crippen LogP contribution in [-0.4, -0.2) is 43.2 Å². The van der Waals surface area contributed by atoms with Crippen LogP contribution in [0.1, 0.15) is 33.6 Å². The second kappa shape index (κ2) is 6.68. The molecule has 2 aromatic rings. The second-order valence-electron chi connectivity index (χ2n) is 6.02. The second-order valence-corrected chi connectivity index (χ2v) is 9.30. The summed E-state index contributed by atoms with van der Waals surface area (Å²) in [6.07, 6.45) is 0.640. The molecule has 130 valence electrons. The fourth-order valence-electron chi connectivity index (χ4n) is 3.00. The molecule has 1 atom stereocenters. The minimum Gasteiger partial charge on any atom is -0.361 e. The lowest BCUT2D eigenvalue weighted by Gasteiger charge is -2.19. The van der Waals surface area contributed by atoms with Crippen molar-refractivity contribution in [3.05, 3.63) is 39.4 Å². The summed E-state index contributed by atoms with van der Waals surface area (Å²) in [7, 11) is -3.24. The van der Waals surface area contributed by atoms with Crippen LogP contribution < -0.4 is 0 Å². The largest absolute Gasteiger partial charge is 0.361 e. The van der Waals surface area contributed by atoms with Crippen molar-refractivity contribution in [2.45, 2.75) is 31.9 Å². The number of hydrogen-bond acceptors (Lipinski definition) is 6. The highest BCUT2D eigenvalue weighted by atomic mass is 32.2. The summed E-state index contributed by atoms with van der Waals surface area (Å²) in [5.74, 6) is 0.564. The van der Waals surface area contributed by atoms with Crippen LogP contribution in [0.4, 0.5) is 0 Å². The van der Waals surface area contributed by atoms with Crippen molar-refractivity contribution in [1.82, 2.24) is 10.1 Å². The first-order valence-electron chi connectivity index (χ1n) is 7.83. The third-order valence-electron chi connectivity index (χ3n) is 4.46. The van der Waals surface area contributed by atoms with Crippen molar-refractivity contribution >= 4 is 27.1 Å². The van der Waals surface area contributed by atoms with E-state index in [9.17, 15) is 13.2 Å².